The van der Waals surface area contributed by atoms with E-state index >= 15 is 0 Å². The number of ketones is 1. The van der Waals surface area contributed by atoms with E-state index in [1.165, 1.54) is 0 Å². The van der Waals surface area contributed by atoms with Crippen molar-refractivity contribution in [3.8, 4) is 11.5 Å². The van der Waals surface area contributed by atoms with E-state index in [0.29, 0.717) is 55.0 Å². The molecule has 2 aliphatic rings. The molecule has 134 valence electrons. The van der Waals surface area contributed by atoms with Crippen LogP contribution in [0.2, 0.25) is 0 Å². The van der Waals surface area contributed by atoms with Gasteiger partial charge < -0.3 is 14.4 Å². The number of fused-ring (bicyclic) bond motifs is 1. The summed E-state index contributed by atoms with van der Waals surface area (Å²) in [5, 5.41) is 0. The van der Waals surface area contributed by atoms with Gasteiger partial charge in [-0.2, -0.15) is 0 Å². The lowest BCUT2D eigenvalue weighted by Gasteiger charge is -2.44. The second-order valence-electron chi connectivity index (χ2n) is 6.78. The van der Waals surface area contributed by atoms with Gasteiger partial charge in [-0.3, -0.25) is 14.6 Å². The molecule has 1 amide bonds. The maximum Gasteiger partial charge on any atom is 0.255 e. The summed E-state index contributed by atoms with van der Waals surface area (Å²) < 4.78 is 11.5. The summed E-state index contributed by atoms with van der Waals surface area (Å²) >= 11 is 0. The Morgan fingerprint density at radius 3 is 2.77 bits per heavy atom. The van der Waals surface area contributed by atoms with Gasteiger partial charge >= 0.3 is 0 Å². The second-order valence-corrected chi connectivity index (χ2v) is 6.78. The lowest BCUT2D eigenvalue weighted by molar-refractivity contribution is -0.00581. The van der Waals surface area contributed by atoms with Crippen molar-refractivity contribution in [1.82, 2.24) is 9.88 Å². The Kier molecular flexibility index (Phi) is 4.11. The highest BCUT2D eigenvalue weighted by atomic mass is 16.5. The maximum absolute atomic E-state index is 12.6. The SMILES string of the molecule is COc1ccc2c(c1)OC1(CCN(C(=O)c3cccnc3)CC1)CC2=O. The monoisotopic (exact) mass is 352 g/mol. The van der Waals surface area contributed by atoms with Crippen LogP contribution in [-0.4, -0.2) is 47.4 Å². The van der Waals surface area contributed by atoms with Crippen LogP contribution in [0.25, 0.3) is 0 Å². The van der Waals surface area contributed by atoms with E-state index in [1.54, 1.807) is 54.7 Å². The van der Waals surface area contributed by atoms with Crippen LogP contribution in [0, 0.1) is 0 Å². The molecule has 1 saturated heterocycles. The molecule has 6 heteroatoms. The van der Waals surface area contributed by atoms with Gasteiger partial charge in [0.1, 0.15) is 17.1 Å². The van der Waals surface area contributed by atoms with Gasteiger partial charge in [0.05, 0.1) is 24.7 Å². The highest BCUT2D eigenvalue weighted by Crippen LogP contribution is 2.40. The summed E-state index contributed by atoms with van der Waals surface area (Å²) in [4.78, 5) is 31.0. The predicted octanol–water partition coefficient (Wildman–Crippen LogP) is 2.73. The lowest BCUT2D eigenvalue weighted by atomic mass is 9.82. The lowest BCUT2D eigenvalue weighted by Crippen LogP contribution is -2.52. The Morgan fingerprint density at radius 2 is 2.08 bits per heavy atom. The number of likely N-dealkylation sites (tertiary alicyclic amines) is 1. The van der Waals surface area contributed by atoms with Crippen molar-refractivity contribution in [2.24, 2.45) is 0 Å². The van der Waals surface area contributed by atoms with Gasteiger partial charge in [0.2, 0.25) is 0 Å². The van der Waals surface area contributed by atoms with Crippen molar-refractivity contribution in [2.45, 2.75) is 24.9 Å². The number of hydrogen-bond donors (Lipinski definition) is 0. The molecule has 1 aromatic heterocycles. The molecule has 0 aliphatic carbocycles. The number of amides is 1. The average molecular weight is 352 g/mol. The summed E-state index contributed by atoms with van der Waals surface area (Å²) in [6, 6.07) is 8.81. The fourth-order valence-corrected chi connectivity index (χ4v) is 3.67. The Bertz CT molecular complexity index is 842. The highest BCUT2D eigenvalue weighted by Gasteiger charge is 2.43. The number of aromatic nitrogens is 1. The van der Waals surface area contributed by atoms with Gasteiger partial charge in [-0.15, -0.1) is 0 Å². The van der Waals surface area contributed by atoms with E-state index in [-0.39, 0.29) is 11.7 Å². The fourth-order valence-electron chi connectivity index (χ4n) is 3.67. The minimum absolute atomic E-state index is 0.0304. The molecule has 0 bridgehead atoms. The molecule has 26 heavy (non-hydrogen) atoms. The first-order valence-electron chi connectivity index (χ1n) is 8.70. The number of hydrogen-bond acceptors (Lipinski definition) is 5. The van der Waals surface area contributed by atoms with E-state index in [4.69, 9.17) is 9.47 Å². The fraction of sp³-hybridized carbons (Fsp3) is 0.350. The molecule has 0 unspecified atom stereocenters. The molecule has 1 aromatic carbocycles. The van der Waals surface area contributed by atoms with Crippen LogP contribution in [0.15, 0.2) is 42.7 Å². The Hall–Kier alpha value is -2.89. The van der Waals surface area contributed by atoms with Crippen LogP contribution in [0.5, 0.6) is 11.5 Å². The smallest absolute Gasteiger partial charge is 0.255 e. The quantitative estimate of drug-likeness (QED) is 0.831. The van der Waals surface area contributed by atoms with E-state index in [2.05, 4.69) is 4.98 Å². The minimum Gasteiger partial charge on any atom is -0.497 e. The maximum atomic E-state index is 12.6. The number of carbonyl (C=O) groups excluding carboxylic acids is 2. The van der Waals surface area contributed by atoms with E-state index in [9.17, 15) is 9.59 Å². The number of Topliss-reactive ketones (excluding diaryl/α,β-unsaturated/α-hetero) is 1. The summed E-state index contributed by atoms with van der Waals surface area (Å²) in [5.74, 6) is 1.29. The number of ether oxygens (including phenoxy) is 2. The van der Waals surface area contributed by atoms with Crippen LogP contribution in [-0.2, 0) is 0 Å². The molecule has 0 radical (unpaired) electrons. The van der Waals surface area contributed by atoms with Crippen molar-refractivity contribution >= 4 is 11.7 Å². The van der Waals surface area contributed by atoms with Crippen molar-refractivity contribution in [3.63, 3.8) is 0 Å². The third kappa shape index (κ3) is 2.92. The third-order valence-corrected chi connectivity index (χ3v) is 5.17. The van der Waals surface area contributed by atoms with Gasteiger partial charge in [0.25, 0.3) is 5.91 Å². The van der Waals surface area contributed by atoms with Crippen LogP contribution in [0.1, 0.15) is 40.0 Å². The summed E-state index contributed by atoms with van der Waals surface area (Å²) in [6.45, 7) is 1.11. The molecule has 0 atom stereocenters. The van der Waals surface area contributed by atoms with Crippen molar-refractivity contribution in [3.05, 3.63) is 53.9 Å². The van der Waals surface area contributed by atoms with E-state index < -0.39 is 5.60 Å². The van der Waals surface area contributed by atoms with Crippen LogP contribution < -0.4 is 9.47 Å². The number of benzene rings is 1. The standard InChI is InChI=1S/C20H20N2O4/c1-25-15-4-5-16-17(23)12-20(26-18(16)11-15)6-9-22(10-7-20)19(24)14-3-2-8-21-13-14/h2-5,8,11,13H,6-7,9-10,12H2,1H3. The molecule has 1 spiro atoms. The van der Waals surface area contributed by atoms with Gasteiger partial charge in [0.15, 0.2) is 5.78 Å². The number of methoxy groups -OCH3 is 1. The first-order chi connectivity index (χ1) is 12.6. The summed E-state index contributed by atoms with van der Waals surface area (Å²) in [6.07, 6.45) is 4.83. The van der Waals surface area contributed by atoms with Crippen LogP contribution >= 0.6 is 0 Å². The molecule has 3 heterocycles. The zero-order valence-electron chi connectivity index (χ0n) is 14.6. The second kappa shape index (κ2) is 6.44. The zero-order valence-corrected chi connectivity index (χ0v) is 14.6. The van der Waals surface area contributed by atoms with Crippen LogP contribution in [0.4, 0.5) is 0 Å². The zero-order chi connectivity index (χ0) is 18.1. The predicted molar refractivity (Wildman–Crippen MR) is 94.7 cm³/mol. The van der Waals surface area contributed by atoms with Crippen molar-refractivity contribution in [2.75, 3.05) is 20.2 Å². The van der Waals surface area contributed by atoms with Gasteiger partial charge in [-0.05, 0) is 24.3 Å². The van der Waals surface area contributed by atoms with Gasteiger partial charge in [-0.25, -0.2) is 0 Å². The number of rotatable bonds is 2. The largest absolute Gasteiger partial charge is 0.497 e. The summed E-state index contributed by atoms with van der Waals surface area (Å²) in [7, 11) is 1.59. The van der Waals surface area contributed by atoms with Gasteiger partial charge in [-0.1, -0.05) is 0 Å². The Morgan fingerprint density at radius 1 is 1.27 bits per heavy atom. The normalized spacial score (nSPS) is 18.2. The molecule has 4 rings (SSSR count). The molecule has 1 fully saturated rings. The topological polar surface area (TPSA) is 68.7 Å². The van der Waals surface area contributed by atoms with E-state index in [0.717, 1.165) is 0 Å². The first-order valence-corrected chi connectivity index (χ1v) is 8.70. The Balaban J connectivity index is 1.50. The molecule has 0 saturated carbocycles. The number of carbonyl (C=O) groups is 2. The van der Waals surface area contributed by atoms with E-state index in [1.807, 2.05) is 0 Å². The molecule has 6 nitrogen and oxygen atoms in total. The number of pyridine rings is 1. The van der Waals surface area contributed by atoms with Crippen LogP contribution in [0.3, 0.4) is 0 Å². The number of piperidine rings is 1. The number of nitrogens with zero attached hydrogens (tertiary/aromatic N) is 2. The molecular formula is C20H20N2O4. The first kappa shape index (κ1) is 16.6. The molecule has 0 N–H and O–H groups in total. The van der Waals surface area contributed by atoms with Gasteiger partial charge in [0, 0.05) is 44.4 Å². The summed E-state index contributed by atoms with van der Waals surface area (Å²) in [5.41, 5.74) is 0.645. The molecule has 2 aliphatic heterocycles. The minimum atomic E-state index is -0.540. The van der Waals surface area contributed by atoms with Crippen molar-refractivity contribution < 1.29 is 19.1 Å². The van der Waals surface area contributed by atoms with Crippen molar-refractivity contribution in [1.29, 1.82) is 0 Å². The average Bonchev–Trinajstić information content (AvgIpc) is 2.68. The molecule has 2 aromatic rings. The highest BCUT2D eigenvalue weighted by molar-refractivity contribution is 6.00. The Labute approximate surface area is 151 Å². The third-order valence-electron chi connectivity index (χ3n) is 5.17. The molecular weight excluding hydrogens is 332 g/mol.